The smallest absolute Gasteiger partial charge is 0.119 e. The van der Waals surface area contributed by atoms with E-state index in [-0.39, 0.29) is 0 Å². The Hall–Kier alpha value is -2.98. The molecule has 0 bridgehead atoms. The minimum absolute atomic E-state index is 0.333. The Kier molecular flexibility index (Phi) is 10.5. The summed E-state index contributed by atoms with van der Waals surface area (Å²) in [6, 6.07) is 20.1. The SMILES string of the molecule is CCCCCCCN(C)CCOc1ccc(CCc2cc(O)ccc2C2CCc3cc(O)ccc3C2)cc1. The van der Waals surface area contributed by atoms with Crippen LogP contribution in [0.5, 0.6) is 17.2 Å². The maximum absolute atomic E-state index is 10.2. The molecule has 0 aromatic heterocycles. The first-order valence-corrected chi connectivity index (χ1v) is 14.5. The van der Waals surface area contributed by atoms with Gasteiger partial charge in [-0.3, -0.25) is 0 Å². The maximum atomic E-state index is 10.2. The van der Waals surface area contributed by atoms with Crippen molar-refractivity contribution in [3.63, 3.8) is 0 Å². The van der Waals surface area contributed by atoms with Crippen LogP contribution in [-0.4, -0.2) is 41.9 Å². The van der Waals surface area contributed by atoms with Crippen LogP contribution in [0.4, 0.5) is 0 Å². The highest BCUT2D eigenvalue weighted by Gasteiger charge is 2.22. The summed E-state index contributed by atoms with van der Waals surface area (Å²) in [5.41, 5.74) is 6.44. The zero-order valence-electron chi connectivity index (χ0n) is 23.3. The predicted octanol–water partition coefficient (Wildman–Crippen LogP) is 7.44. The third kappa shape index (κ3) is 8.26. The van der Waals surface area contributed by atoms with Gasteiger partial charge in [-0.1, -0.05) is 56.9 Å². The molecule has 0 amide bonds. The van der Waals surface area contributed by atoms with Crippen molar-refractivity contribution in [2.24, 2.45) is 0 Å². The van der Waals surface area contributed by atoms with Crippen LogP contribution in [0.25, 0.3) is 0 Å². The molecule has 4 nitrogen and oxygen atoms in total. The standard InChI is InChI=1S/C34H45NO3/c1-3-4-5-6-7-20-35(2)21-22-38-33-17-9-26(10-18-33)8-11-30-25-32(37)16-19-34(30)29-13-12-28-24-31(36)15-14-27(28)23-29/h9-10,14-19,24-25,29,36-37H,3-8,11-13,20-23H2,1-2H3. The Morgan fingerprint density at radius 2 is 1.58 bits per heavy atom. The highest BCUT2D eigenvalue weighted by Crippen LogP contribution is 2.36. The topological polar surface area (TPSA) is 52.9 Å². The number of phenols is 2. The number of aromatic hydroxyl groups is 2. The van der Waals surface area contributed by atoms with Gasteiger partial charge in [-0.05, 0) is 122 Å². The van der Waals surface area contributed by atoms with Crippen molar-refractivity contribution in [1.29, 1.82) is 0 Å². The van der Waals surface area contributed by atoms with Crippen molar-refractivity contribution in [2.45, 2.75) is 77.0 Å². The minimum atomic E-state index is 0.333. The van der Waals surface area contributed by atoms with Crippen molar-refractivity contribution in [3.8, 4) is 17.2 Å². The molecule has 0 saturated carbocycles. The summed E-state index contributed by atoms with van der Waals surface area (Å²) in [5, 5.41) is 20.0. The molecule has 0 fully saturated rings. The van der Waals surface area contributed by atoms with Crippen molar-refractivity contribution in [3.05, 3.63) is 88.5 Å². The second-order valence-electron chi connectivity index (χ2n) is 11.0. The highest BCUT2D eigenvalue weighted by molar-refractivity contribution is 5.43. The lowest BCUT2D eigenvalue weighted by molar-refractivity contribution is 0.234. The summed E-state index contributed by atoms with van der Waals surface area (Å²) in [5.74, 6) is 2.05. The lowest BCUT2D eigenvalue weighted by Crippen LogP contribution is -2.25. The zero-order chi connectivity index (χ0) is 26.7. The molecule has 0 heterocycles. The molecule has 1 atom stereocenters. The molecule has 4 heteroatoms. The number of benzene rings is 3. The van der Waals surface area contributed by atoms with Gasteiger partial charge >= 0.3 is 0 Å². The van der Waals surface area contributed by atoms with Gasteiger partial charge in [0, 0.05) is 6.54 Å². The molecule has 4 rings (SSSR count). The average molecular weight is 516 g/mol. The molecule has 2 N–H and O–H groups in total. The monoisotopic (exact) mass is 515 g/mol. The Morgan fingerprint density at radius 1 is 0.816 bits per heavy atom. The summed E-state index contributed by atoms with van der Waals surface area (Å²) in [7, 11) is 2.18. The van der Waals surface area contributed by atoms with Crippen LogP contribution in [-0.2, 0) is 25.7 Å². The van der Waals surface area contributed by atoms with Crippen molar-refractivity contribution in [1.82, 2.24) is 4.90 Å². The first-order chi connectivity index (χ1) is 18.5. The van der Waals surface area contributed by atoms with Gasteiger partial charge in [0.05, 0.1) is 0 Å². The second-order valence-corrected chi connectivity index (χ2v) is 11.0. The molecular formula is C34H45NO3. The first kappa shape index (κ1) is 28.0. The van der Waals surface area contributed by atoms with Gasteiger partial charge in [-0.15, -0.1) is 0 Å². The number of unbranched alkanes of at least 4 members (excludes halogenated alkanes) is 4. The van der Waals surface area contributed by atoms with E-state index in [0.29, 0.717) is 24.0 Å². The van der Waals surface area contributed by atoms with E-state index in [1.807, 2.05) is 18.2 Å². The van der Waals surface area contributed by atoms with Crippen LogP contribution < -0.4 is 4.74 Å². The lowest BCUT2D eigenvalue weighted by atomic mass is 9.78. The van der Waals surface area contributed by atoms with Gasteiger partial charge in [0.15, 0.2) is 0 Å². The summed E-state index contributed by atoms with van der Waals surface area (Å²) in [6.45, 7) is 5.05. The van der Waals surface area contributed by atoms with Crippen LogP contribution in [0.3, 0.4) is 0 Å². The number of ether oxygens (including phenoxy) is 1. The second kappa shape index (κ2) is 14.2. The fraction of sp³-hybridized carbons (Fsp3) is 0.471. The van der Waals surface area contributed by atoms with Crippen molar-refractivity contribution >= 4 is 0 Å². The maximum Gasteiger partial charge on any atom is 0.119 e. The third-order valence-corrected chi connectivity index (χ3v) is 7.98. The van der Waals surface area contributed by atoms with E-state index in [1.165, 1.54) is 59.9 Å². The van der Waals surface area contributed by atoms with E-state index in [2.05, 4.69) is 55.3 Å². The largest absolute Gasteiger partial charge is 0.508 e. The number of hydrogen-bond acceptors (Lipinski definition) is 4. The van der Waals surface area contributed by atoms with Gasteiger partial charge in [0.1, 0.15) is 23.9 Å². The van der Waals surface area contributed by atoms with Crippen LogP contribution in [0, 0.1) is 0 Å². The molecule has 38 heavy (non-hydrogen) atoms. The summed E-state index contributed by atoms with van der Waals surface area (Å²) in [6.07, 6.45) is 11.4. The molecule has 3 aromatic carbocycles. The molecular weight excluding hydrogens is 470 g/mol. The van der Waals surface area contributed by atoms with Crippen LogP contribution >= 0.6 is 0 Å². The molecule has 1 unspecified atom stereocenters. The van der Waals surface area contributed by atoms with E-state index in [9.17, 15) is 10.2 Å². The molecule has 204 valence electrons. The number of likely N-dealkylation sites (N-methyl/N-ethyl adjacent to an activating group) is 1. The molecule has 0 spiro atoms. The van der Waals surface area contributed by atoms with Crippen molar-refractivity contribution < 1.29 is 14.9 Å². The van der Waals surface area contributed by atoms with E-state index in [4.69, 9.17) is 4.74 Å². The number of aryl methyl sites for hydroxylation is 3. The van der Waals surface area contributed by atoms with E-state index < -0.39 is 0 Å². The fourth-order valence-electron chi connectivity index (χ4n) is 5.66. The first-order valence-electron chi connectivity index (χ1n) is 14.5. The normalized spacial score (nSPS) is 15.0. The van der Waals surface area contributed by atoms with Crippen molar-refractivity contribution in [2.75, 3.05) is 26.7 Å². The molecule has 1 aliphatic rings. The quantitative estimate of drug-likeness (QED) is 0.219. The third-order valence-electron chi connectivity index (χ3n) is 7.98. The lowest BCUT2D eigenvalue weighted by Gasteiger charge is -2.27. The Morgan fingerprint density at radius 3 is 2.39 bits per heavy atom. The number of rotatable bonds is 14. The molecule has 0 aliphatic heterocycles. The van der Waals surface area contributed by atoms with E-state index in [0.717, 1.165) is 50.9 Å². The number of hydrogen-bond donors (Lipinski definition) is 2. The highest BCUT2D eigenvalue weighted by atomic mass is 16.5. The fourth-order valence-corrected chi connectivity index (χ4v) is 5.66. The van der Waals surface area contributed by atoms with Crippen LogP contribution in [0.1, 0.15) is 79.2 Å². The Balaban J connectivity index is 1.26. The minimum Gasteiger partial charge on any atom is -0.508 e. The van der Waals surface area contributed by atoms with Gasteiger partial charge in [0.25, 0.3) is 0 Å². The van der Waals surface area contributed by atoms with Gasteiger partial charge in [0.2, 0.25) is 0 Å². The van der Waals surface area contributed by atoms with Gasteiger partial charge < -0.3 is 19.8 Å². The van der Waals surface area contributed by atoms with Crippen LogP contribution in [0.2, 0.25) is 0 Å². The average Bonchev–Trinajstić information content (AvgIpc) is 2.92. The molecule has 3 aromatic rings. The molecule has 0 radical (unpaired) electrons. The van der Waals surface area contributed by atoms with E-state index >= 15 is 0 Å². The summed E-state index contributed by atoms with van der Waals surface area (Å²) in [4.78, 5) is 2.36. The number of phenolic OH excluding ortho intramolecular Hbond substituents is 2. The molecule has 1 aliphatic carbocycles. The zero-order valence-corrected chi connectivity index (χ0v) is 23.3. The van der Waals surface area contributed by atoms with Gasteiger partial charge in [-0.2, -0.15) is 0 Å². The van der Waals surface area contributed by atoms with Gasteiger partial charge in [-0.25, -0.2) is 0 Å². The number of fused-ring (bicyclic) bond motifs is 1. The predicted molar refractivity (Wildman–Crippen MR) is 157 cm³/mol. The van der Waals surface area contributed by atoms with E-state index in [1.54, 1.807) is 6.07 Å². The Labute approximate surface area is 229 Å². The summed E-state index contributed by atoms with van der Waals surface area (Å²) < 4.78 is 6.00. The molecule has 0 saturated heterocycles. The summed E-state index contributed by atoms with van der Waals surface area (Å²) >= 11 is 0. The van der Waals surface area contributed by atoms with Crippen LogP contribution in [0.15, 0.2) is 60.7 Å². The Bertz CT molecular complexity index is 1140. The number of nitrogens with zero attached hydrogens (tertiary/aromatic N) is 1.